The average molecular weight is 580 g/mol. The molecular formula is C29H26FN3O7S. The number of morpholine rings is 1. The second-order valence-electron chi connectivity index (χ2n) is 10.5. The zero-order valence-corrected chi connectivity index (χ0v) is 22.9. The Balaban J connectivity index is 1.38. The molecule has 7 rings (SSSR count). The lowest BCUT2D eigenvalue weighted by Crippen LogP contribution is -2.62. The molecule has 1 amide bonds. The molecule has 1 aromatic heterocycles. The lowest BCUT2D eigenvalue weighted by Gasteiger charge is -2.45. The monoisotopic (exact) mass is 579 g/mol. The van der Waals surface area contributed by atoms with E-state index in [0.29, 0.717) is 30.0 Å². The van der Waals surface area contributed by atoms with E-state index in [2.05, 4.69) is 10.2 Å². The highest BCUT2D eigenvalue weighted by atomic mass is 32.2. The second-order valence-corrected chi connectivity index (χ2v) is 11.5. The number of amides is 1. The number of aromatic nitrogens is 1. The van der Waals surface area contributed by atoms with E-state index in [0.717, 1.165) is 41.5 Å². The van der Waals surface area contributed by atoms with Crippen molar-refractivity contribution in [2.75, 3.05) is 32.5 Å². The van der Waals surface area contributed by atoms with Crippen molar-refractivity contribution in [3.05, 3.63) is 80.9 Å². The normalized spacial score (nSPS) is 19.6. The number of hydrogen-bond acceptors (Lipinski definition) is 9. The quantitative estimate of drug-likeness (QED) is 0.364. The standard InChI is InChI=1S/C29H26FN3O7S/c1-37-28(36)39-15-38-26-22(34)11-21(33-25(26)27(35)32-14-29(6-7-29)40-12-24(32)31-33)20-10-18(30)8-17-13-41-23-5-3-2-4-16(23)9-19(17)20/h2-5,8,10-11,24,31H,6-7,9,12-15H2,1H3/t24-/m0/s1. The van der Waals surface area contributed by atoms with Crippen molar-refractivity contribution < 1.29 is 32.9 Å². The maximum Gasteiger partial charge on any atom is 0.510 e. The minimum absolute atomic E-state index is 0.0590. The molecule has 1 aliphatic carbocycles. The van der Waals surface area contributed by atoms with Gasteiger partial charge < -0.3 is 29.3 Å². The summed E-state index contributed by atoms with van der Waals surface area (Å²) in [6.07, 6.45) is 0.718. The first-order valence-corrected chi connectivity index (χ1v) is 14.2. The highest BCUT2D eigenvalue weighted by Crippen LogP contribution is 2.45. The van der Waals surface area contributed by atoms with Crippen LogP contribution in [0, 0.1) is 5.82 Å². The van der Waals surface area contributed by atoms with Gasteiger partial charge in [-0.1, -0.05) is 18.2 Å². The van der Waals surface area contributed by atoms with Crippen molar-refractivity contribution in [2.45, 2.75) is 41.7 Å². The summed E-state index contributed by atoms with van der Waals surface area (Å²) >= 11 is 1.63. The number of nitrogens with zero attached hydrogens (tertiary/aromatic N) is 2. The molecule has 0 bridgehead atoms. The summed E-state index contributed by atoms with van der Waals surface area (Å²) < 4.78 is 37.6. The molecular weight excluding hydrogens is 553 g/mol. The van der Waals surface area contributed by atoms with Gasteiger partial charge >= 0.3 is 6.16 Å². The number of nitrogens with one attached hydrogen (secondary N) is 1. The molecule has 1 spiro atoms. The van der Waals surface area contributed by atoms with Gasteiger partial charge in [-0.15, -0.1) is 11.8 Å². The highest BCUT2D eigenvalue weighted by Gasteiger charge is 2.53. The second kappa shape index (κ2) is 9.81. The van der Waals surface area contributed by atoms with Gasteiger partial charge in [0.15, 0.2) is 5.69 Å². The molecule has 1 atom stereocenters. The van der Waals surface area contributed by atoms with Crippen LogP contribution in [0.15, 0.2) is 52.2 Å². The van der Waals surface area contributed by atoms with Crippen LogP contribution in [0.3, 0.4) is 0 Å². The number of methoxy groups -OCH3 is 1. The minimum atomic E-state index is -0.996. The predicted octanol–water partition coefficient (Wildman–Crippen LogP) is 3.86. The Morgan fingerprint density at radius 2 is 2.02 bits per heavy atom. The summed E-state index contributed by atoms with van der Waals surface area (Å²) in [5.41, 5.74) is 5.89. The maximum atomic E-state index is 15.1. The van der Waals surface area contributed by atoms with Crippen molar-refractivity contribution in [2.24, 2.45) is 0 Å². The van der Waals surface area contributed by atoms with E-state index in [1.807, 2.05) is 24.3 Å². The first-order chi connectivity index (χ1) is 19.9. The number of pyridine rings is 1. The summed E-state index contributed by atoms with van der Waals surface area (Å²) in [5, 5.41) is 0. The smallest absolute Gasteiger partial charge is 0.451 e. The van der Waals surface area contributed by atoms with Gasteiger partial charge in [0.2, 0.25) is 18.0 Å². The third kappa shape index (κ3) is 4.51. The molecule has 0 radical (unpaired) electrons. The lowest BCUT2D eigenvalue weighted by molar-refractivity contribution is -0.0665. The molecule has 2 aromatic carbocycles. The number of carbonyl (C=O) groups excluding carboxylic acids is 2. The number of rotatable bonds is 4. The number of thioether (sulfide) groups is 1. The molecule has 1 saturated carbocycles. The van der Waals surface area contributed by atoms with E-state index in [-0.39, 0.29) is 23.7 Å². The summed E-state index contributed by atoms with van der Waals surface area (Å²) in [6, 6.07) is 12.3. The number of hydrogen-bond donors (Lipinski definition) is 1. The van der Waals surface area contributed by atoms with Gasteiger partial charge in [0.1, 0.15) is 12.0 Å². The Labute approximate surface area is 238 Å². The first-order valence-electron chi connectivity index (χ1n) is 13.2. The van der Waals surface area contributed by atoms with E-state index in [1.165, 1.54) is 22.9 Å². The molecule has 3 aliphatic heterocycles. The van der Waals surface area contributed by atoms with Crippen LogP contribution in [0.25, 0.3) is 11.3 Å². The molecule has 1 saturated heterocycles. The fourth-order valence-corrected chi connectivity index (χ4v) is 6.78. The molecule has 12 heteroatoms. The van der Waals surface area contributed by atoms with Crippen molar-refractivity contribution in [1.29, 1.82) is 0 Å². The third-order valence-corrected chi connectivity index (χ3v) is 9.12. The van der Waals surface area contributed by atoms with Crippen LogP contribution in [-0.2, 0) is 26.4 Å². The summed E-state index contributed by atoms with van der Waals surface area (Å²) in [7, 11) is 1.15. The molecule has 2 fully saturated rings. The molecule has 41 heavy (non-hydrogen) atoms. The lowest BCUT2D eigenvalue weighted by atomic mass is 9.93. The average Bonchev–Trinajstić information content (AvgIpc) is 3.75. The Kier molecular flexibility index (Phi) is 6.20. The van der Waals surface area contributed by atoms with Crippen LogP contribution in [0.4, 0.5) is 9.18 Å². The molecule has 3 aromatic rings. The Hall–Kier alpha value is -4.03. The van der Waals surface area contributed by atoms with Crippen molar-refractivity contribution in [3.8, 4) is 17.0 Å². The van der Waals surface area contributed by atoms with Crippen LogP contribution in [0.1, 0.15) is 40.0 Å². The summed E-state index contributed by atoms with van der Waals surface area (Å²) in [4.78, 5) is 41.8. The molecule has 1 N–H and O–H groups in total. The van der Waals surface area contributed by atoms with Gasteiger partial charge in [-0.3, -0.25) is 9.59 Å². The Bertz CT molecular complexity index is 1650. The van der Waals surface area contributed by atoms with Gasteiger partial charge in [-0.25, -0.2) is 13.9 Å². The predicted molar refractivity (Wildman–Crippen MR) is 146 cm³/mol. The molecule has 0 unspecified atom stereocenters. The van der Waals surface area contributed by atoms with E-state index >= 15 is 4.39 Å². The van der Waals surface area contributed by atoms with Crippen molar-refractivity contribution in [3.63, 3.8) is 0 Å². The van der Waals surface area contributed by atoms with Crippen LogP contribution >= 0.6 is 11.8 Å². The van der Waals surface area contributed by atoms with Gasteiger partial charge in [0.05, 0.1) is 31.6 Å². The largest absolute Gasteiger partial charge is 0.510 e. The van der Waals surface area contributed by atoms with E-state index in [1.54, 1.807) is 16.7 Å². The van der Waals surface area contributed by atoms with E-state index in [9.17, 15) is 14.4 Å². The Morgan fingerprint density at radius 3 is 2.83 bits per heavy atom. The Morgan fingerprint density at radius 1 is 1.20 bits per heavy atom. The third-order valence-electron chi connectivity index (χ3n) is 7.96. The highest BCUT2D eigenvalue weighted by molar-refractivity contribution is 7.98. The van der Waals surface area contributed by atoms with Gasteiger partial charge in [0, 0.05) is 22.3 Å². The first kappa shape index (κ1) is 25.9. The minimum Gasteiger partial charge on any atom is -0.451 e. The van der Waals surface area contributed by atoms with Crippen LogP contribution < -0.4 is 15.6 Å². The summed E-state index contributed by atoms with van der Waals surface area (Å²) in [6.45, 7) is -0.0194. The number of carbonyl (C=O) groups is 2. The zero-order valence-electron chi connectivity index (χ0n) is 22.1. The van der Waals surface area contributed by atoms with Gasteiger partial charge in [-0.2, -0.15) is 0 Å². The topological polar surface area (TPSA) is 108 Å². The van der Waals surface area contributed by atoms with Gasteiger partial charge in [0.25, 0.3) is 5.91 Å². The number of halogens is 1. The maximum absolute atomic E-state index is 15.1. The van der Waals surface area contributed by atoms with Crippen LogP contribution in [0.2, 0.25) is 0 Å². The molecule has 4 heterocycles. The van der Waals surface area contributed by atoms with Crippen molar-refractivity contribution >= 4 is 23.8 Å². The summed E-state index contributed by atoms with van der Waals surface area (Å²) in [5.74, 6) is -0.606. The van der Waals surface area contributed by atoms with Crippen molar-refractivity contribution in [1.82, 2.24) is 9.58 Å². The zero-order chi connectivity index (χ0) is 28.3. The fraction of sp³-hybridized carbons (Fsp3) is 0.345. The van der Waals surface area contributed by atoms with Gasteiger partial charge in [-0.05, 0) is 54.2 Å². The molecule has 212 valence electrons. The fourth-order valence-electron chi connectivity index (χ4n) is 5.71. The number of fused-ring (bicyclic) bond motifs is 4. The number of ether oxygens (including phenoxy) is 4. The van der Waals surface area contributed by atoms with Crippen LogP contribution in [-0.4, -0.2) is 60.5 Å². The van der Waals surface area contributed by atoms with E-state index < -0.39 is 36.3 Å². The van der Waals surface area contributed by atoms with E-state index in [4.69, 9.17) is 14.2 Å². The SMILES string of the molecule is COC(=O)OCOc1c2n(c(-c3cc(F)cc4c3Cc3ccccc3SC4)cc1=O)N[C@@H]1COC3(CC3)CN1C2=O. The van der Waals surface area contributed by atoms with Crippen LogP contribution in [0.5, 0.6) is 5.75 Å². The molecule has 10 nitrogen and oxygen atoms in total. The number of benzene rings is 2. The molecule has 4 aliphatic rings.